The zero-order chi connectivity index (χ0) is 19.0. The van der Waals surface area contributed by atoms with Gasteiger partial charge in [-0.2, -0.15) is 10.2 Å². The summed E-state index contributed by atoms with van der Waals surface area (Å²) in [5.41, 5.74) is -1.38. The number of carbonyl (C=O) groups excluding carboxylic acids is 1. The molecule has 0 radical (unpaired) electrons. The number of halogens is 5. The zero-order valence-electron chi connectivity index (χ0n) is 13.1. The van der Waals surface area contributed by atoms with Crippen LogP contribution in [0.25, 0.3) is 5.65 Å². The molecule has 0 aromatic carbocycles. The van der Waals surface area contributed by atoms with Gasteiger partial charge in [0.05, 0.1) is 22.9 Å². The van der Waals surface area contributed by atoms with Crippen LogP contribution >= 0.6 is 15.9 Å². The van der Waals surface area contributed by atoms with E-state index in [1.54, 1.807) is 17.9 Å². The summed E-state index contributed by atoms with van der Waals surface area (Å²) < 4.78 is 54.8. The third kappa shape index (κ3) is 3.41. The Morgan fingerprint density at radius 1 is 1.27 bits per heavy atom. The van der Waals surface area contributed by atoms with Crippen LogP contribution in [-0.4, -0.2) is 30.3 Å². The summed E-state index contributed by atoms with van der Waals surface area (Å²) in [5.74, 6) is -0.664. The molecule has 1 N–H and O–H groups in total. The van der Waals surface area contributed by atoms with Gasteiger partial charge in [0.15, 0.2) is 11.3 Å². The van der Waals surface area contributed by atoms with Gasteiger partial charge in [-0.25, -0.2) is 27.1 Å². The molecule has 3 aromatic rings. The number of alkyl halides is 4. The van der Waals surface area contributed by atoms with Crippen molar-refractivity contribution in [2.45, 2.75) is 19.4 Å². The Morgan fingerprint density at radius 3 is 2.58 bits per heavy atom. The van der Waals surface area contributed by atoms with Crippen LogP contribution in [0.3, 0.4) is 0 Å². The minimum absolute atomic E-state index is 0.0984. The van der Waals surface area contributed by atoms with Crippen LogP contribution < -0.4 is 5.32 Å². The summed E-state index contributed by atoms with van der Waals surface area (Å²) in [4.78, 5) is 15.8. The molecule has 12 heteroatoms. The third-order valence-electron chi connectivity index (χ3n) is 3.58. The van der Waals surface area contributed by atoms with E-state index in [1.807, 2.05) is 0 Å². The molecule has 0 aliphatic heterocycles. The molecule has 0 atom stereocenters. The number of aromatic nitrogens is 5. The van der Waals surface area contributed by atoms with Crippen LogP contribution in [0.4, 0.5) is 17.6 Å². The molecular weight excluding hydrogens is 424 g/mol. The van der Waals surface area contributed by atoms with Gasteiger partial charge in [-0.15, -0.1) is 0 Å². The fourth-order valence-corrected chi connectivity index (χ4v) is 2.77. The monoisotopic (exact) mass is 434 g/mol. The van der Waals surface area contributed by atoms with Gasteiger partial charge in [0.1, 0.15) is 11.4 Å². The Kier molecular flexibility index (Phi) is 4.94. The minimum Gasteiger partial charge on any atom is -0.345 e. The second-order valence-electron chi connectivity index (χ2n) is 5.25. The van der Waals surface area contributed by atoms with Crippen molar-refractivity contribution in [3.63, 3.8) is 0 Å². The quantitative estimate of drug-likeness (QED) is 0.626. The second-order valence-corrected chi connectivity index (χ2v) is 6.11. The highest BCUT2D eigenvalue weighted by Crippen LogP contribution is 2.25. The molecule has 3 rings (SSSR count). The lowest BCUT2D eigenvalue weighted by Gasteiger charge is -2.06. The average molecular weight is 435 g/mol. The van der Waals surface area contributed by atoms with Gasteiger partial charge < -0.3 is 5.32 Å². The molecule has 0 unspecified atom stereocenters. The van der Waals surface area contributed by atoms with Crippen LogP contribution in [0.1, 0.15) is 40.4 Å². The third-order valence-corrected chi connectivity index (χ3v) is 4.24. The number of rotatable bonds is 5. The predicted molar refractivity (Wildman–Crippen MR) is 85.0 cm³/mol. The van der Waals surface area contributed by atoms with Crippen molar-refractivity contribution in [2.75, 3.05) is 0 Å². The van der Waals surface area contributed by atoms with Crippen molar-refractivity contribution in [3.8, 4) is 0 Å². The molecule has 7 nitrogen and oxygen atoms in total. The van der Waals surface area contributed by atoms with Gasteiger partial charge in [0.2, 0.25) is 0 Å². The summed E-state index contributed by atoms with van der Waals surface area (Å²) in [7, 11) is 1.68. The minimum atomic E-state index is -3.06. The molecule has 0 aliphatic rings. The molecule has 0 spiro atoms. The summed E-state index contributed by atoms with van der Waals surface area (Å²) in [5, 5.41) is 10.3. The lowest BCUT2D eigenvalue weighted by molar-refractivity contribution is 0.0943. The maximum atomic E-state index is 13.1. The van der Waals surface area contributed by atoms with E-state index in [4.69, 9.17) is 0 Å². The van der Waals surface area contributed by atoms with Crippen molar-refractivity contribution in [2.24, 2.45) is 7.05 Å². The van der Waals surface area contributed by atoms with E-state index < -0.39 is 30.1 Å². The second kappa shape index (κ2) is 7.02. The van der Waals surface area contributed by atoms with E-state index in [0.717, 1.165) is 6.07 Å². The van der Waals surface area contributed by atoms with Crippen LogP contribution in [0.15, 0.2) is 22.8 Å². The highest BCUT2D eigenvalue weighted by Gasteiger charge is 2.22. The van der Waals surface area contributed by atoms with Crippen molar-refractivity contribution in [1.82, 2.24) is 29.7 Å². The Labute approximate surface area is 152 Å². The topological polar surface area (TPSA) is 77.1 Å². The maximum Gasteiger partial charge on any atom is 0.280 e. The normalized spacial score (nSPS) is 11.7. The van der Waals surface area contributed by atoms with E-state index in [1.165, 1.54) is 0 Å². The molecule has 3 aromatic heterocycles. The number of amides is 1. The lowest BCUT2D eigenvalue weighted by atomic mass is 10.3. The van der Waals surface area contributed by atoms with Crippen LogP contribution in [-0.2, 0) is 13.6 Å². The van der Waals surface area contributed by atoms with Gasteiger partial charge in [0.25, 0.3) is 18.8 Å². The first-order chi connectivity index (χ1) is 12.3. The van der Waals surface area contributed by atoms with Gasteiger partial charge in [-0.05, 0) is 22.0 Å². The smallest absolute Gasteiger partial charge is 0.280 e. The van der Waals surface area contributed by atoms with Crippen LogP contribution in [0, 0.1) is 0 Å². The Balaban J connectivity index is 1.90. The van der Waals surface area contributed by atoms with E-state index >= 15 is 0 Å². The summed E-state index contributed by atoms with van der Waals surface area (Å²) in [6, 6.07) is 1.65. The van der Waals surface area contributed by atoms with E-state index in [-0.39, 0.29) is 17.9 Å². The first-order valence-electron chi connectivity index (χ1n) is 7.19. The molecule has 0 saturated carbocycles. The van der Waals surface area contributed by atoms with Gasteiger partial charge in [-0.1, -0.05) is 0 Å². The largest absolute Gasteiger partial charge is 0.345 e. The van der Waals surface area contributed by atoms with Crippen molar-refractivity contribution in [3.05, 3.63) is 45.6 Å². The fraction of sp³-hybridized carbons (Fsp3) is 0.286. The predicted octanol–water partition coefficient (Wildman–Crippen LogP) is 3.03. The lowest BCUT2D eigenvalue weighted by Crippen LogP contribution is -2.24. The number of hydrogen-bond acceptors (Lipinski definition) is 4. The molecule has 1 amide bonds. The highest BCUT2D eigenvalue weighted by molar-refractivity contribution is 9.10. The maximum absolute atomic E-state index is 13.1. The summed E-state index contributed by atoms with van der Waals surface area (Å²) in [6.45, 7) is 0.0984. The zero-order valence-corrected chi connectivity index (χ0v) is 14.7. The summed E-state index contributed by atoms with van der Waals surface area (Å²) >= 11 is 3.28. The van der Waals surface area contributed by atoms with Crippen molar-refractivity contribution in [1.29, 1.82) is 0 Å². The van der Waals surface area contributed by atoms with Gasteiger partial charge in [-0.3, -0.25) is 9.48 Å². The number of fused-ring (bicyclic) bond motifs is 1. The SMILES string of the molecule is Cn1ncc(Br)c1CNC(=O)c1cc2nc(C(F)F)cc(C(F)F)n2n1. The molecular formula is C14H11BrF4N6O. The number of nitrogens with one attached hydrogen (secondary N) is 1. The van der Waals surface area contributed by atoms with Gasteiger partial charge >= 0.3 is 0 Å². The first-order valence-corrected chi connectivity index (χ1v) is 7.98. The number of hydrogen-bond donors (Lipinski definition) is 1. The highest BCUT2D eigenvalue weighted by atomic mass is 79.9. The van der Waals surface area contributed by atoms with Gasteiger partial charge in [0, 0.05) is 13.1 Å². The van der Waals surface area contributed by atoms with E-state index in [2.05, 4.69) is 36.4 Å². The molecule has 3 heterocycles. The molecule has 0 aliphatic carbocycles. The average Bonchev–Trinajstić information content (AvgIpc) is 3.15. The number of carbonyl (C=O) groups is 1. The standard InChI is InChI=1S/C14H11BrF4N6O/c1-24-10(6(15)4-21-24)5-20-14(26)8-3-11-22-7(12(16)17)2-9(13(18)19)25(11)23-8/h2-4,12-13H,5H2,1H3,(H,20,26). The molecule has 0 saturated heterocycles. The molecule has 0 fully saturated rings. The fourth-order valence-electron chi connectivity index (χ4n) is 2.29. The van der Waals surface area contributed by atoms with E-state index in [0.29, 0.717) is 20.7 Å². The Bertz CT molecular complexity index is 950. The number of nitrogens with zero attached hydrogens (tertiary/aromatic N) is 5. The molecule has 0 bridgehead atoms. The molecule has 26 heavy (non-hydrogen) atoms. The Hall–Kier alpha value is -2.50. The Morgan fingerprint density at radius 2 is 2.00 bits per heavy atom. The first kappa shape index (κ1) is 18.3. The van der Waals surface area contributed by atoms with Crippen molar-refractivity contribution >= 4 is 27.5 Å². The van der Waals surface area contributed by atoms with E-state index in [9.17, 15) is 22.4 Å². The summed E-state index contributed by atoms with van der Waals surface area (Å²) in [6.07, 6.45) is -4.53. The number of aryl methyl sites for hydroxylation is 1. The van der Waals surface area contributed by atoms with Crippen LogP contribution in [0.5, 0.6) is 0 Å². The van der Waals surface area contributed by atoms with Crippen LogP contribution in [0.2, 0.25) is 0 Å². The van der Waals surface area contributed by atoms with Crippen molar-refractivity contribution < 1.29 is 22.4 Å². The molecule has 138 valence electrons.